The Morgan fingerprint density at radius 3 is 2.58 bits per heavy atom. The summed E-state index contributed by atoms with van der Waals surface area (Å²) in [4.78, 5) is 0. The lowest BCUT2D eigenvalue weighted by molar-refractivity contribution is 0.184. The van der Waals surface area contributed by atoms with Crippen molar-refractivity contribution in [1.29, 1.82) is 0 Å². The molecule has 1 fully saturated rings. The predicted octanol–water partition coefficient (Wildman–Crippen LogP) is 3.44. The van der Waals surface area contributed by atoms with Crippen LogP contribution in [0.5, 0.6) is 0 Å². The molecule has 1 heterocycles. The maximum atomic E-state index is 4.70. The molecule has 3 atom stereocenters. The van der Waals surface area contributed by atoms with E-state index in [0.29, 0.717) is 12.0 Å². The largest absolute Gasteiger partial charge is 0.314 e. The first kappa shape index (κ1) is 14.6. The van der Waals surface area contributed by atoms with E-state index in [-0.39, 0.29) is 5.54 Å². The fourth-order valence-corrected chi connectivity index (χ4v) is 2.98. The average Bonchev–Trinajstić information content (AvgIpc) is 2.69. The number of hydrogen-bond acceptors (Lipinski definition) is 2. The van der Waals surface area contributed by atoms with Crippen LogP contribution < -0.4 is 5.32 Å². The van der Waals surface area contributed by atoms with E-state index in [0.717, 1.165) is 12.5 Å². The van der Waals surface area contributed by atoms with Gasteiger partial charge in [-0.15, -0.1) is 0 Å². The lowest BCUT2D eigenvalue weighted by Gasteiger charge is -2.43. The first-order valence-electron chi connectivity index (χ1n) is 7.64. The maximum Gasteiger partial charge on any atom is 0.0628 e. The summed E-state index contributed by atoms with van der Waals surface area (Å²) in [6.45, 7) is 14.5. The van der Waals surface area contributed by atoms with Crippen molar-refractivity contribution in [2.45, 2.75) is 71.9 Å². The van der Waals surface area contributed by atoms with Gasteiger partial charge in [0.25, 0.3) is 0 Å². The molecule has 1 aromatic heterocycles. The van der Waals surface area contributed by atoms with Crippen LogP contribution in [0.25, 0.3) is 0 Å². The Balaban J connectivity index is 2.06. The third kappa shape index (κ3) is 2.86. The van der Waals surface area contributed by atoms with Crippen molar-refractivity contribution in [2.24, 2.45) is 5.92 Å². The maximum absolute atomic E-state index is 4.70. The molecule has 3 unspecified atom stereocenters. The molecule has 1 aliphatic carbocycles. The van der Waals surface area contributed by atoms with E-state index >= 15 is 0 Å². The lowest BCUT2D eigenvalue weighted by atomic mass is 9.67. The molecule has 3 nitrogen and oxygen atoms in total. The summed E-state index contributed by atoms with van der Waals surface area (Å²) in [7, 11) is 0. The van der Waals surface area contributed by atoms with Crippen LogP contribution in [0.15, 0.2) is 6.20 Å². The highest BCUT2D eigenvalue weighted by Crippen LogP contribution is 2.43. The molecule has 19 heavy (non-hydrogen) atoms. The summed E-state index contributed by atoms with van der Waals surface area (Å²) in [5.41, 5.74) is 2.74. The van der Waals surface area contributed by atoms with E-state index in [1.807, 2.05) is 0 Å². The summed E-state index contributed by atoms with van der Waals surface area (Å²) in [6, 6.07) is 0.697. The van der Waals surface area contributed by atoms with Gasteiger partial charge < -0.3 is 5.32 Å². The molecular formula is C16H29N3. The van der Waals surface area contributed by atoms with E-state index in [9.17, 15) is 0 Å². The van der Waals surface area contributed by atoms with Crippen LogP contribution in [-0.2, 0) is 5.54 Å². The fourth-order valence-electron chi connectivity index (χ4n) is 2.98. The molecule has 0 saturated heterocycles. The quantitative estimate of drug-likeness (QED) is 0.902. The van der Waals surface area contributed by atoms with Crippen LogP contribution in [-0.4, -0.2) is 22.4 Å². The van der Waals surface area contributed by atoms with Gasteiger partial charge in [0.2, 0.25) is 0 Å². The van der Waals surface area contributed by atoms with Crippen LogP contribution in [0, 0.1) is 12.8 Å². The summed E-state index contributed by atoms with van der Waals surface area (Å²) < 4.78 is 2.12. The Labute approximate surface area is 117 Å². The van der Waals surface area contributed by atoms with Gasteiger partial charge in [0.15, 0.2) is 0 Å². The van der Waals surface area contributed by atoms with Gasteiger partial charge in [-0.1, -0.05) is 13.8 Å². The minimum absolute atomic E-state index is 0.0792. The zero-order valence-electron chi connectivity index (χ0n) is 13.3. The molecule has 0 aromatic carbocycles. The third-order valence-corrected chi connectivity index (χ3v) is 4.46. The van der Waals surface area contributed by atoms with Crippen LogP contribution in [0.4, 0.5) is 0 Å². The third-order valence-electron chi connectivity index (χ3n) is 4.46. The van der Waals surface area contributed by atoms with Crippen LogP contribution in [0.3, 0.4) is 0 Å². The van der Waals surface area contributed by atoms with E-state index in [1.165, 1.54) is 24.1 Å². The predicted molar refractivity (Wildman–Crippen MR) is 80.6 cm³/mol. The molecule has 1 saturated carbocycles. The van der Waals surface area contributed by atoms with Crippen LogP contribution >= 0.6 is 0 Å². The highest BCUT2D eigenvalue weighted by molar-refractivity contribution is 5.26. The SMILES string of the molecule is CCCNC1CC(c2cn(C(C)(C)C)nc2C)C1C. The molecule has 108 valence electrons. The smallest absolute Gasteiger partial charge is 0.0628 e. The van der Waals surface area contributed by atoms with Crippen molar-refractivity contribution in [2.75, 3.05) is 6.54 Å². The number of hydrogen-bond donors (Lipinski definition) is 1. The number of aromatic nitrogens is 2. The molecular weight excluding hydrogens is 234 g/mol. The van der Waals surface area contributed by atoms with Gasteiger partial charge in [0.05, 0.1) is 11.2 Å². The van der Waals surface area contributed by atoms with Gasteiger partial charge >= 0.3 is 0 Å². The van der Waals surface area contributed by atoms with Gasteiger partial charge in [-0.3, -0.25) is 4.68 Å². The van der Waals surface area contributed by atoms with Crippen molar-refractivity contribution in [3.8, 4) is 0 Å². The van der Waals surface area contributed by atoms with Crippen molar-refractivity contribution < 1.29 is 0 Å². The van der Waals surface area contributed by atoms with Gasteiger partial charge in [0, 0.05) is 12.2 Å². The second-order valence-corrected chi connectivity index (χ2v) is 7.05. The molecule has 0 radical (unpaired) electrons. The Hall–Kier alpha value is -0.830. The summed E-state index contributed by atoms with van der Waals surface area (Å²) >= 11 is 0. The molecule has 0 amide bonds. The molecule has 2 rings (SSSR count). The zero-order valence-corrected chi connectivity index (χ0v) is 13.3. The molecule has 1 aromatic rings. The Morgan fingerprint density at radius 1 is 1.42 bits per heavy atom. The van der Waals surface area contributed by atoms with E-state index < -0.39 is 0 Å². The van der Waals surface area contributed by atoms with Crippen LogP contribution in [0.1, 0.15) is 64.6 Å². The first-order chi connectivity index (χ1) is 8.84. The average molecular weight is 263 g/mol. The summed E-state index contributed by atoms with van der Waals surface area (Å²) in [5, 5.41) is 8.35. The summed E-state index contributed by atoms with van der Waals surface area (Å²) in [6.07, 6.45) is 4.75. The van der Waals surface area contributed by atoms with Crippen molar-refractivity contribution in [3.05, 3.63) is 17.5 Å². The highest BCUT2D eigenvalue weighted by Gasteiger charge is 2.39. The zero-order chi connectivity index (χ0) is 14.2. The number of nitrogens with one attached hydrogen (secondary N) is 1. The van der Waals surface area contributed by atoms with Crippen molar-refractivity contribution >= 4 is 0 Å². The van der Waals surface area contributed by atoms with Gasteiger partial charge in [-0.2, -0.15) is 5.10 Å². The normalized spacial score (nSPS) is 27.4. The molecule has 0 spiro atoms. The Bertz CT molecular complexity index is 428. The molecule has 3 heteroatoms. The minimum Gasteiger partial charge on any atom is -0.314 e. The molecule has 1 N–H and O–H groups in total. The fraction of sp³-hybridized carbons (Fsp3) is 0.812. The topological polar surface area (TPSA) is 29.9 Å². The lowest BCUT2D eigenvalue weighted by Crippen LogP contribution is -2.48. The second kappa shape index (κ2) is 5.28. The van der Waals surface area contributed by atoms with E-state index in [2.05, 4.69) is 57.7 Å². The second-order valence-electron chi connectivity index (χ2n) is 7.05. The first-order valence-corrected chi connectivity index (χ1v) is 7.64. The monoisotopic (exact) mass is 263 g/mol. The summed E-state index contributed by atoms with van der Waals surface area (Å²) in [5.74, 6) is 1.41. The van der Waals surface area contributed by atoms with Gasteiger partial charge in [-0.25, -0.2) is 0 Å². The van der Waals surface area contributed by atoms with Gasteiger partial charge in [0.1, 0.15) is 0 Å². The van der Waals surface area contributed by atoms with Crippen LogP contribution in [0.2, 0.25) is 0 Å². The van der Waals surface area contributed by atoms with E-state index in [1.54, 1.807) is 0 Å². The van der Waals surface area contributed by atoms with Crippen molar-refractivity contribution in [1.82, 2.24) is 15.1 Å². The Kier molecular flexibility index (Phi) is 4.05. The molecule has 0 bridgehead atoms. The molecule has 1 aliphatic rings. The van der Waals surface area contributed by atoms with E-state index in [4.69, 9.17) is 5.10 Å². The Morgan fingerprint density at radius 2 is 2.11 bits per heavy atom. The number of nitrogens with zero attached hydrogens (tertiary/aromatic N) is 2. The van der Waals surface area contributed by atoms with Gasteiger partial charge in [-0.05, 0) is 64.5 Å². The highest BCUT2D eigenvalue weighted by atomic mass is 15.3. The number of aryl methyl sites for hydroxylation is 1. The molecule has 0 aliphatic heterocycles. The number of rotatable bonds is 4. The van der Waals surface area contributed by atoms with Crippen molar-refractivity contribution in [3.63, 3.8) is 0 Å². The standard InChI is InChI=1S/C16H29N3/c1-7-8-17-15-9-13(11(15)2)14-10-19(16(4,5)6)18-12(14)3/h10-11,13,15,17H,7-9H2,1-6H3. The minimum atomic E-state index is 0.0792.